The van der Waals surface area contributed by atoms with Crippen LogP contribution in [-0.2, 0) is 14.2 Å². The van der Waals surface area contributed by atoms with Gasteiger partial charge in [0.05, 0.1) is 19.0 Å². The Morgan fingerprint density at radius 3 is 2.56 bits per heavy atom. The Labute approximate surface area is 231 Å². The second-order valence-corrected chi connectivity index (χ2v) is 10.2. The van der Waals surface area contributed by atoms with E-state index in [9.17, 15) is 4.79 Å². The highest BCUT2D eigenvalue weighted by Crippen LogP contribution is 2.34. The molecule has 1 aliphatic rings. The van der Waals surface area contributed by atoms with Gasteiger partial charge in [-0.2, -0.15) is 0 Å². The molecule has 0 aliphatic carbocycles. The first kappa shape index (κ1) is 27.6. The number of carbonyl (C=O) groups is 1. The van der Waals surface area contributed by atoms with Crippen LogP contribution in [0.3, 0.4) is 0 Å². The predicted octanol–water partition coefficient (Wildman–Crippen LogP) is 3.45. The number of nitrogens with zero attached hydrogens (tertiary/aromatic N) is 5. The van der Waals surface area contributed by atoms with Crippen molar-refractivity contribution in [3.8, 4) is 0 Å². The summed E-state index contributed by atoms with van der Waals surface area (Å²) >= 11 is 0. The minimum Gasteiger partial charge on any atom is -0.375 e. The molecule has 11 heteroatoms. The van der Waals surface area contributed by atoms with Crippen molar-refractivity contribution in [3.05, 3.63) is 48.5 Å². The molecule has 5 atom stereocenters. The fraction of sp³-hybridized carbons (Fsp3) is 0.571. The number of nitrogens with one attached hydrogen (secondary N) is 2. The topological polar surface area (TPSA) is 116 Å². The molecule has 1 fully saturated rings. The zero-order chi connectivity index (χ0) is 28.8. The van der Waals surface area contributed by atoms with E-state index in [1.165, 1.54) is 6.33 Å². The number of amides is 1. The number of benzene rings is 1. The highest BCUT2D eigenvalue weighted by molar-refractivity contribution is 6.06. The molecule has 2 N–H and O–H groups in total. The van der Waals surface area contributed by atoms with Crippen molar-refractivity contribution in [2.45, 2.75) is 84.3 Å². The maximum Gasteiger partial charge on any atom is 0.256 e. The summed E-state index contributed by atoms with van der Waals surface area (Å²) in [6, 6.07) is 9.34. The molecular weight excluding hydrogens is 498 g/mol. The summed E-state index contributed by atoms with van der Waals surface area (Å²) in [6.07, 6.45) is 1.58. The average molecular weight is 542 g/mol. The predicted molar refractivity (Wildman–Crippen MR) is 149 cm³/mol. The number of anilines is 1. The molecule has 3 heterocycles. The molecule has 1 aromatic carbocycles. The summed E-state index contributed by atoms with van der Waals surface area (Å²) < 4.78 is 28.3. The van der Waals surface area contributed by atoms with Crippen molar-refractivity contribution in [2.24, 2.45) is 0 Å². The highest BCUT2D eigenvalue weighted by atomic mass is 16.6. The SMILES string of the molecule is [3H]CCN[C@@H]1C(OC)[C@H](n2cnc3c(NC(=O)c4ccccc4)ncnc32)O[C@@H]1COC(C)N(C(C)C)C(C)C. The van der Waals surface area contributed by atoms with Gasteiger partial charge in [0.25, 0.3) is 5.91 Å². The van der Waals surface area contributed by atoms with Crippen molar-refractivity contribution in [2.75, 3.05) is 25.6 Å². The highest BCUT2D eigenvalue weighted by Gasteiger charge is 2.46. The first-order chi connectivity index (χ1) is 19.3. The molecular formula is C28H41N7O4. The quantitative estimate of drug-likeness (QED) is 0.333. The second kappa shape index (κ2) is 12.9. The minimum absolute atomic E-state index is 0.113. The molecule has 0 saturated carbocycles. The summed E-state index contributed by atoms with van der Waals surface area (Å²) in [5.41, 5.74) is 1.46. The van der Waals surface area contributed by atoms with Crippen molar-refractivity contribution in [1.29, 1.82) is 0 Å². The molecule has 2 aromatic heterocycles. The fourth-order valence-electron chi connectivity index (χ4n) is 5.43. The fourth-order valence-corrected chi connectivity index (χ4v) is 5.43. The van der Waals surface area contributed by atoms with E-state index in [0.717, 1.165) is 0 Å². The molecule has 212 valence electrons. The van der Waals surface area contributed by atoms with Gasteiger partial charge in [0.2, 0.25) is 0 Å². The molecule has 1 amide bonds. The number of ether oxygens (including phenoxy) is 3. The van der Waals surface area contributed by atoms with Crippen LogP contribution in [0.15, 0.2) is 43.0 Å². The lowest BCUT2D eigenvalue weighted by Crippen LogP contribution is -2.49. The lowest BCUT2D eigenvalue weighted by molar-refractivity contribution is -0.120. The Morgan fingerprint density at radius 1 is 1.15 bits per heavy atom. The van der Waals surface area contributed by atoms with Crippen LogP contribution in [-0.4, -0.2) is 87.1 Å². The normalized spacial score (nSPS) is 22.6. The molecule has 39 heavy (non-hydrogen) atoms. The third-order valence-corrected chi connectivity index (χ3v) is 7.02. The maximum absolute atomic E-state index is 12.8. The number of hydrogen-bond donors (Lipinski definition) is 2. The van der Waals surface area contributed by atoms with Crippen LogP contribution in [0.4, 0.5) is 5.82 Å². The van der Waals surface area contributed by atoms with E-state index in [4.69, 9.17) is 15.6 Å². The van der Waals surface area contributed by atoms with Gasteiger partial charge < -0.3 is 24.8 Å². The first-order valence-corrected chi connectivity index (χ1v) is 13.4. The summed E-state index contributed by atoms with van der Waals surface area (Å²) in [5.74, 6) is 0.0227. The standard InChI is InChI=1S/C28H41N7O4/c1-8-29-22-21(14-38-19(6)35(17(2)3)18(4)5)39-28(24(22)37-7)34-16-32-23-25(30-15-31-26(23)34)33-27(36)20-12-10-9-11-13-20/h9-13,15-19,21-22,24,28-29H,8,14H2,1-7H3,(H,30,31,33,36)/t19?,21-,22+,24?,28-/m1/s1/i1T. The number of fused-ring (bicyclic) bond motifs is 1. The molecule has 0 bridgehead atoms. The van der Waals surface area contributed by atoms with Crippen LogP contribution in [0.25, 0.3) is 11.2 Å². The smallest absolute Gasteiger partial charge is 0.256 e. The van der Waals surface area contributed by atoms with E-state index >= 15 is 0 Å². The van der Waals surface area contributed by atoms with E-state index in [1.54, 1.807) is 42.3 Å². The van der Waals surface area contributed by atoms with Gasteiger partial charge in [-0.15, -0.1) is 0 Å². The van der Waals surface area contributed by atoms with E-state index in [2.05, 4.69) is 65.1 Å². The van der Waals surface area contributed by atoms with Gasteiger partial charge in [0.15, 0.2) is 23.2 Å². The maximum atomic E-state index is 12.8. The van der Waals surface area contributed by atoms with Crippen LogP contribution in [0.1, 0.15) is 59.5 Å². The van der Waals surface area contributed by atoms with Crippen LogP contribution in [0, 0.1) is 0 Å². The van der Waals surface area contributed by atoms with Crippen LogP contribution >= 0.6 is 0 Å². The average Bonchev–Trinajstić information content (AvgIpc) is 3.52. The zero-order valence-electron chi connectivity index (χ0n) is 24.6. The monoisotopic (exact) mass is 541 g/mol. The Morgan fingerprint density at radius 2 is 1.90 bits per heavy atom. The van der Waals surface area contributed by atoms with Gasteiger partial charge >= 0.3 is 0 Å². The van der Waals surface area contributed by atoms with Gasteiger partial charge in [-0.3, -0.25) is 14.3 Å². The van der Waals surface area contributed by atoms with E-state index in [1.807, 2.05) is 6.07 Å². The Bertz CT molecular complexity index is 1230. The molecule has 11 nitrogen and oxygen atoms in total. The third-order valence-electron chi connectivity index (χ3n) is 7.02. The molecule has 4 rings (SSSR count). The number of carbonyl (C=O) groups excluding carboxylic acids is 1. The van der Waals surface area contributed by atoms with E-state index in [0.29, 0.717) is 47.8 Å². The number of likely N-dealkylation sites (N-methyl/N-ethyl adjacent to an activating group) is 1. The lowest BCUT2D eigenvalue weighted by atomic mass is 10.1. The molecule has 1 saturated heterocycles. The molecule has 0 spiro atoms. The Kier molecular flexibility index (Phi) is 9.15. The molecule has 2 unspecified atom stereocenters. The minimum atomic E-state index is -0.569. The second-order valence-electron chi connectivity index (χ2n) is 10.2. The van der Waals surface area contributed by atoms with Crippen molar-refractivity contribution in [3.63, 3.8) is 0 Å². The number of rotatable bonds is 12. The third kappa shape index (κ3) is 6.28. The van der Waals surface area contributed by atoms with Gasteiger partial charge in [-0.25, -0.2) is 15.0 Å². The van der Waals surface area contributed by atoms with Crippen molar-refractivity contribution >= 4 is 22.9 Å². The van der Waals surface area contributed by atoms with Crippen molar-refractivity contribution in [1.82, 2.24) is 29.7 Å². The van der Waals surface area contributed by atoms with Gasteiger partial charge in [-0.1, -0.05) is 25.1 Å². The number of hydrogen-bond acceptors (Lipinski definition) is 9. The van der Waals surface area contributed by atoms with E-state index in [-0.39, 0.29) is 31.2 Å². The lowest BCUT2D eigenvalue weighted by Gasteiger charge is -2.36. The van der Waals surface area contributed by atoms with Crippen molar-refractivity contribution < 1.29 is 20.4 Å². The van der Waals surface area contributed by atoms with Gasteiger partial charge in [-0.05, 0) is 53.3 Å². The van der Waals surface area contributed by atoms with E-state index < -0.39 is 12.3 Å². The summed E-state index contributed by atoms with van der Waals surface area (Å²) in [7, 11) is 1.64. The molecule has 3 aromatic rings. The largest absolute Gasteiger partial charge is 0.375 e. The van der Waals surface area contributed by atoms with Crippen LogP contribution in [0.2, 0.25) is 0 Å². The summed E-state index contributed by atoms with van der Waals surface area (Å²) in [5, 5.41) is 6.26. The summed E-state index contributed by atoms with van der Waals surface area (Å²) in [4.78, 5) is 28.3. The molecule has 0 radical (unpaired) electrons. The van der Waals surface area contributed by atoms with Crippen LogP contribution < -0.4 is 10.6 Å². The summed E-state index contributed by atoms with van der Waals surface area (Å²) in [6.45, 7) is 11.7. The van der Waals surface area contributed by atoms with Gasteiger partial charge in [0.1, 0.15) is 24.8 Å². The van der Waals surface area contributed by atoms with Crippen LogP contribution in [0.5, 0.6) is 0 Å². The first-order valence-electron chi connectivity index (χ1n) is 14.1. The number of imidazole rings is 1. The van der Waals surface area contributed by atoms with Gasteiger partial charge in [0, 0.05) is 26.1 Å². The Balaban J connectivity index is 1.57. The number of aromatic nitrogens is 4. The number of methoxy groups -OCH3 is 1. The zero-order valence-corrected chi connectivity index (χ0v) is 23.6. The Hall–Kier alpha value is -2.96. The molecule has 1 aliphatic heterocycles.